The van der Waals surface area contributed by atoms with Crippen molar-refractivity contribution in [1.82, 2.24) is 4.90 Å². The number of hydrogen-bond acceptors (Lipinski definition) is 6. The van der Waals surface area contributed by atoms with Crippen LogP contribution in [0.5, 0.6) is 11.5 Å². The molecule has 4 rings (SSSR count). The second-order valence-corrected chi connectivity index (χ2v) is 10.4. The number of imide groups is 1. The molecule has 0 saturated carbocycles. The van der Waals surface area contributed by atoms with Gasteiger partial charge in [0.15, 0.2) is 5.75 Å². The molecule has 0 aromatic heterocycles. The Bertz CT molecular complexity index is 1440. The van der Waals surface area contributed by atoms with Gasteiger partial charge in [0.1, 0.15) is 11.6 Å². The SMILES string of the molecule is COc1ccc(Cl)cc1CC1CC/C(=N\Oc2ccc(F)cc2)CN(C(=O)C[C@H](C)c2ccc(C(=O)O)cc2)C1=O. The number of benzene rings is 3. The van der Waals surface area contributed by atoms with Gasteiger partial charge < -0.3 is 14.7 Å². The monoisotopic (exact) mass is 580 g/mol. The largest absolute Gasteiger partial charge is 0.496 e. The standard InChI is InChI=1S/C31H30ClFN2O6/c1-19(20-3-5-21(6-4-20)31(38)39)15-29(36)35-18-26(34-41-27-12-9-25(33)10-13-27)11-7-22(30(35)37)16-23-17-24(32)8-14-28(23)40-2/h3-6,8-10,12-14,17,19,22H,7,11,15-16,18H2,1-2H3,(H,38,39)/b34-26+/t19-,22?/m0/s1. The van der Waals surface area contributed by atoms with Crippen molar-refractivity contribution in [2.24, 2.45) is 11.1 Å². The van der Waals surface area contributed by atoms with Gasteiger partial charge >= 0.3 is 5.97 Å². The van der Waals surface area contributed by atoms with Gasteiger partial charge in [0.25, 0.3) is 0 Å². The number of aromatic carboxylic acids is 1. The molecule has 1 heterocycles. The zero-order valence-electron chi connectivity index (χ0n) is 22.7. The Hall–Kier alpha value is -4.24. The number of likely N-dealkylation sites (tertiary alicyclic amines) is 1. The third kappa shape index (κ3) is 7.70. The fourth-order valence-corrected chi connectivity index (χ4v) is 4.92. The van der Waals surface area contributed by atoms with E-state index in [9.17, 15) is 18.8 Å². The van der Waals surface area contributed by atoms with Crippen molar-refractivity contribution >= 4 is 35.1 Å². The Kier molecular flexibility index (Phi) is 9.73. The van der Waals surface area contributed by atoms with Gasteiger partial charge in [-0.25, -0.2) is 9.18 Å². The van der Waals surface area contributed by atoms with E-state index in [1.807, 2.05) is 6.92 Å². The molecule has 0 radical (unpaired) electrons. The van der Waals surface area contributed by atoms with E-state index in [1.165, 1.54) is 41.3 Å². The molecule has 1 fully saturated rings. The minimum atomic E-state index is -1.03. The third-order valence-electron chi connectivity index (χ3n) is 7.05. The fourth-order valence-electron chi connectivity index (χ4n) is 4.73. The first-order valence-corrected chi connectivity index (χ1v) is 13.5. The van der Waals surface area contributed by atoms with Crippen LogP contribution in [0.3, 0.4) is 0 Å². The number of carboxylic acids is 1. The Labute approximate surface area is 242 Å². The minimum absolute atomic E-state index is 0.0253. The molecular formula is C31H30ClFN2O6. The van der Waals surface area contributed by atoms with Gasteiger partial charge in [0, 0.05) is 17.4 Å². The number of carboxylic acid groups (broad SMARTS) is 1. The molecule has 1 unspecified atom stereocenters. The van der Waals surface area contributed by atoms with Gasteiger partial charge in [-0.15, -0.1) is 0 Å². The molecule has 0 bridgehead atoms. The number of nitrogens with zero attached hydrogens (tertiary/aromatic N) is 2. The summed E-state index contributed by atoms with van der Waals surface area (Å²) in [6.07, 6.45) is 1.15. The van der Waals surface area contributed by atoms with Crippen LogP contribution in [-0.2, 0) is 16.0 Å². The van der Waals surface area contributed by atoms with Crippen molar-refractivity contribution in [3.63, 3.8) is 0 Å². The van der Waals surface area contributed by atoms with E-state index in [-0.39, 0.29) is 36.3 Å². The lowest BCUT2D eigenvalue weighted by Crippen LogP contribution is -2.42. The van der Waals surface area contributed by atoms with Crippen molar-refractivity contribution in [3.05, 3.63) is 94.3 Å². The minimum Gasteiger partial charge on any atom is -0.496 e. The van der Waals surface area contributed by atoms with E-state index < -0.39 is 17.7 Å². The molecule has 1 saturated heterocycles. The van der Waals surface area contributed by atoms with E-state index >= 15 is 0 Å². The molecule has 1 aliphatic rings. The molecule has 214 valence electrons. The molecule has 3 aromatic rings. The summed E-state index contributed by atoms with van der Waals surface area (Å²) < 4.78 is 18.8. The van der Waals surface area contributed by atoms with Crippen molar-refractivity contribution in [2.45, 2.75) is 38.5 Å². The number of methoxy groups -OCH3 is 1. The number of halogens is 2. The van der Waals surface area contributed by atoms with Crippen molar-refractivity contribution < 1.29 is 33.5 Å². The summed E-state index contributed by atoms with van der Waals surface area (Å²) in [4.78, 5) is 45.3. The molecule has 2 amide bonds. The number of carbonyl (C=O) groups is 3. The summed E-state index contributed by atoms with van der Waals surface area (Å²) in [6.45, 7) is 1.80. The van der Waals surface area contributed by atoms with Gasteiger partial charge in [-0.1, -0.05) is 35.8 Å². The molecular weight excluding hydrogens is 551 g/mol. The number of amides is 2. The Balaban J connectivity index is 1.58. The number of hydrogen-bond donors (Lipinski definition) is 1. The number of oxime groups is 1. The summed E-state index contributed by atoms with van der Waals surface area (Å²) in [5, 5.41) is 13.9. The number of rotatable bonds is 9. The molecule has 3 aromatic carbocycles. The smallest absolute Gasteiger partial charge is 0.335 e. The first-order valence-electron chi connectivity index (χ1n) is 13.1. The van der Waals surface area contributed by atoms with E-state index in [2.05, 4.69) is 5.16 Å². The second kappa shape index (κ2) is 13.4. The average Bonchev–Trinajstić information content (AvgIpc) is 3.11. The predicted octanol–water partition coefficient (Wildman–Crippen LogP) is 6.12. The molecule has 8 nitrogen and oxygen atoms in total. The summed E-state index contributed by atoms with van der Waals surface area (Å²) >= 11 is 6.22. The summed E-state index contributed by atoms with van der Waals surface area (Å²) in [7, 11) is 1.54. The normalized spacial score (nSPS) is 17.2. The van der Waals surface area contributed by atoms with Crippen molar-refractivity contribution in [3.8, 4) is 11.5 Å². The molecule has 10 heteroatoms. The molecule has 1 N–H and O–H groups in total. The molecule has 0 aliphatic carbocycles. The molecule has 1 aliphatic heterocycles. The molecule has 41 heavy (non-hydrogen) atoms. The predicted molar refractivity (Wildman–Crippen MR) is 152 cm³/mol. The highest BCUT2D eigenvalue weighted by Crippen LogP contribution is 2.30. The lowest BCUT2D eigenvalue weighted by atomic mass is 9.93. The highest BCUT2D eigenvalue weighted by atomic mass is 35.5. The first-order chi connectivity index (χ1) is 19.6. The second-order valence-electron chi connectivity index (χ2n) is 9.95. The summed E-state index contributed by atoms with van der Waals surface area (Å²) in [6, 6.07) is 16.9. The van der Waals surface area contributed by atoms with Crippen molar-refractivity contribution in [1.29, 1.82) is 0 Å². The van der Waals surface area contributed by atoms with Crippen LogP contribution >= 0.6 is 11.6 Å². The Morgan fingerprint density at radius 3 is 2.49 bits per heavy atom. The number of ether oxygens (including phenoxy) is 1. The quantitative estimate of drug-likeness (QED) is 0.306. The zero-order valence-corrected chi connectivity index (χ0v) is 23.4. The number of carbonyl (C=O) groups excluding carboxylic acids is 2. The maximum absolute atomic E-state index is 13.8. The van der Waals surface area contributed by atoms with Gasteiger partial charge in [-0.2, -0.15) is 0 Å². The Morgan fingerprint density at radius 1 is 1.12 bits per heavy atom. The lowest BCUT2D eigenvalue weighted by molar-refractivity contribution is -0.146. The summed E-state index contributed by atoms with van der Waals surface area (Å²) in [5.41, 5.74) is 2.17. The zero-order chi connectivity index (χ0) is 29.5. The van der Waals surface area contributed by atoms with Crippen LogP contribution in [0.15, 0.2) is 71.9 Å². The van der Waals surface area contributed by atoms with Crippen LogP contribution in [0.4, 0.5) is 4.39 Å². The van der Waals surface area contributed by atoms with Crippen molar-refractivity contribution in [2.75, 3.05) is 13.7 Å². The highest BCUT2D eigenvalue weighted by Gasteiger charge is 2.34. The molecule has 2 atom stereocenters. The van der Waals surface area contributed by atoms with E-state index in [4.69, 9.17) is 26.3 Å². The van der Waals surface area contributed by atoms with E-state index in [0.29, 0.717) is 41.5 Å². The van der Waals surface area contributed by atoms with Crippen LogP contribution in [-0.4, -0.2) is 47.2 Å². The van der Waals surface area contributed by atoms with Crippen LogP contribution in [0.1, 0.15) is 53.6 Å². The maximum atomic E-state index is 13.8. The first kappa shape index (κ1) is 29.7. The van der Waals surface area contributed by atoms with Crippen LogP contribution in [0, 0.1) is 11.7 Å². The highest BCUT2D eigenvalue weighted by molar-refractivity contribution is 6.30. The van der Waals surface area contributed by atoms with Crippen LogP contribution < -0.4 is 9.57 Å². The van der Waals surface area contributed by atoms with Crippen LogP contribution in [0.25, 0.3) is 0 Å². The van der Waals surface area contributed by atoms with Gasteiger partial charge in [-0.3, -0.25) is 14.5 Å². The third-order valence-corrected chi connectivity index (χ3v) is 7.28. The van der Waals surface area contributed by atoms with E-state index in [1.54, 1.807) is 37.4 Å². The van der Waals surface area contributed by atoms with Gasteiger partial charge in [-0.05, 0) is 90.9 Å². The topological polar surface area (TPSA) is 106 Å². The van der Waals surface area contributed by atoms with Gasteiger partial charge in [0.2, 0.25) is 11.8 Å². The van der Waals surface area contributed by atoms with Crippen LogP contribution in [0.2, 0.25) is 5.02 Å². The Morgan fingerprint density at radius 2 is 1.83 bits per heavy atom. The van der Waals surface area contributed by atoms with E-state index in [0.717, 1.165) is 11.1 Å². The summed E-state index contributed by atoms with van der Waals surface area (Å²) in [5.74, 6) is -2.07. The molecule has 0 spiro atoms. The fraction of sp³-hybridized carbons (Fsp3) is 0.290. The van der Waals surface area contributed by atoms with Gasteiger partial charge in [0.05, 0.1) is 24.9 Å². The lowest BCUT2D eigenvalue weighted by Gasteiger charge is -2.24. The average molecular weight is 581 g/mol. The maximum Gasteiger partial charge on any atom is 0.335 e.